The fraction of sp³-hybridized carbons (Fsp3) is 0.571. The second-order valence-corrected chi connectivity index (χ2v) is 7.98. The number of nitrogens with zero attached hydrogens (tertiary/aromatic N) is 4. The highest BCUT2D eigenvalue weighted by molar-refractivity contribution is 5.78. The van der Waals surface area contributed by atoms with Crippen molar-refractivity contribution in [2.75, 3.05) is 19.7 Å². The smallest absolute Gasteiger partial charge is 0.260 e. The number of carbonyl (C=O) groups is 1. The summed E-state index contributed by atoms with van der Waals surface area (Å²) in [7, 11) is 0. The molecule has 4 rings (SSSR count). The monoisotopic (exact) mass is 368 g/mol. The van der Waals surface area contributed by atoms with Crippen LogP contribution < -0.4 is 4.74 Å². The predicted molar refractivity (Wildman–Crippen MR) is 103 cm³/mol. The summed E-state index contributed by atoms with van der Waals surface area (Å²) in [6.45, 7) is 6.61. The van der Waals surface area contributed by atoms with Crippen LogP contribution in [0.3, 0.4) is 0 Å². The average molecular weight is 368 g/mol. The summed E-state index contributed by atoms with van der Waals surface area (Å²) < 4.78 is 7.89. The minimum atomic E-state index is 0.0628. The maximum Gasteiger partial charge on any atom is 0.260 e. The molecule has 2 heterocycles. The van der Waals surface area contributed by atoms with Gasteiger partial charge in [-0.25, -0.2) is 0 Å². The van der Waals surface area contributed by atoms with E-state index in [0.717, 1.165) is 43.1 Å². The molecule has 6 heteroatoms. The first-order chi connectivity index (χ1) is 13.1. The molecule has 1 unspecified atom stereocenters. The quantitative estimate of drug-likeness (QED) is 0.813. The Bertz CT molecular complexity index is 810. The Morgan fingerprint density at radius 1 is 1.33 bits per heavy atom. The molecule has 1 atom stereocenters. The van der Waals surface area contributed by atoms with Crippen molar-refractivity contribution in [2.45, 2.75) is 52.0 Å². The normalized spacial score (nSPS) is 21.1. The van der Waals surface area contributed by atoms with Crippen LogP contribution in [0.5, 0.6) is 5.75 Å². The second-order valence-electron chi connectivity index (χ2n) is 7.98. The Labute approximate surface area is 160 Å². The zero-order valence-corrected chi connectivity index (χ0v) is 16.2. The third-order valence-corrected chi connectivity index (χ3v) is 6.25. The number of amides is 1. The lowest BCUT2D eigenvalue weighted by molar-refractivity contribution is -0.132. The number of ether oxygens (including phenoxy) is 1. The molecule has 1 saturated carbocycles. The summed E-state index contributed by atoms with van der Waals surface area (Å²) in [4.78, 5) is 14.9. The van der Waals surface area contributed by atoms with E-state index in [-0.39, 0.29) is 23.8 Å². The zero-order chi connectivity index (χ0) is 18.9. The van der Waals surface area contributed by atoms with Gasteiger partial charge in [-0.2, -0.15) is 0 Å². The van der Waals surface area contributed by atoms with Crippen molar-refractivity contribution in [1.82, 2.24) is 19.7 Å². The van der Waals surface area contributed by atoms with Gasteiger partial charge in [0.05, 0.1) is 0 Å². The van der Waals surface area contributed by atoms with Gasteiger partial charge in [0.2, 0.25) is 0 Å². The lowest BCUT2D eigenvalue weighted by atomic mass is 9.76. The third-order valence-electron chi connectivity index (χ3n) is 6.25. The van der Waals surface area contributed by atoms with Crippen LogP contribution in [0.1, 0.15) is 49.9 Å². The van der Waals surface area contributed by atoms with E-state index in [1.54, 1.807) is 0 Å². The maximum atomic E-state index is 12.9. The molecule has 1 aromatic carbocycles. The molecule has 1 saturated heterocycles. The van der Waals surface area contributed by atoms with E-state index in [0.29, 0.717) is 6.54 Å². The predicted octanol–water partition coefficient (Wildman–Crippen LogP) is 3.17. The van der Waals surface area contributed by atoms with Crippen LogP contribution >= 0.6 is 0 Å². The number of likely N-dealkylation sites (tertiary alicyclic amines) is 1. The van der Waals surface area contributed by atoms with Crippen LogP contribution in [0, 0.1) is 12.3 Å². The van der Waals surface area contributed by atoms with E-state index < -0.39 is 0 Å². The van der Waals surface area contributed by atoms with Crippen LogP contribution in [0.15, 0.2) is 30.6 Å². The van der Waals surface area contributed by atoms with Gasteiger partial charge in [-0.1, -0.05) is 25.0 Å². The molecule has 1 aromatic heterocycles. The molecule has 2 aromatic rings. The Morgan fingerprint density at radius 2 is 2.15 bits per heavy atom. The van der Waals surface area contributed by atoms with Crippen LogP contribution in [0.2, 0.25) is 0 Å². The van der Waals surface area contributed by atoms with Gasteiger partial charge in [0.1, 0.15) is 17.9 Å². The molecule has 2 fully saturated rings. The molecule has 144 valence electrons. The first-order valence-corrected chi connectivity index (χ1v) is 9.96. The van der Waals surface area contributed by atoms with Gasteiger partial charge in [0, 0.05) is 25.6 Å². The van der Waals surface area contributed by atoms with E-state index in [9.17, 15) is 4.79 Å². The van der Waals surface area contributed by atoms with E-state index in [4.69, 9.17) is 4.74 Å². The zero-order valence-electron chi connectivity index (χ0n) is 16.2. The highest BCUT2D eigenvalue weighted by atomic mass is 16.5. The Balaban J connectivity index is 1.48. The van der Waals surface area contributed by atoms with Gasteiger partial charge in [0.15, 0.2) is 6.61 Å². The van der Waals surface area contributed by atoms with Crippen LogP contribution in [0.25, 0.3) is 0 Å². The molecular weight excluding hydrogens is 340 g/mol. The van der Waals surface area contributed by atoms with E-state index in [1.807, 2.05) is 42.4 Å². The van der Waals surface area contributed by atoms with Gasteiger partial charge >= 0.3 is 0 Å². The van der Waals surface area contributed by atoms with E-state index in [2.05, 4.69) is 21.7 Å². The second kappa shape index (κ2) is 7.33. The molecule has 2 aliphatic rings. The molecule has 6 nitrogen and oxygen atoms in total. The summed E-state index contributed by atoms with van der Waals surface area (Å²) in [6, 6.07) is 7.83. The molecule has 27 heavy (non-hydrogen) atoms. The summed E-state index contributed by atoms with van der Waals surface area (Å²) in [5.41, 5.74) is 1.28. The number of benzene rings is 1. The van der Waals surface area contributed by atoms with Crippen molar-refractivity contribution in [1.29, 1.82) is 0 Å². The lowest BCUT2D eigenvalue weighted by Gasteiger charge is -2.29. The highest BCUT2D eigenvalue weighted by Gasteiger charge is 2.51. The molecule has 0 N–H and O–H groups in total. The average Bonchev–Trinajstić information content (AvgIpc) is 3.40. The SMILES string of the molecule is CCn1cnnc1C1CN(C(=O)COc2cccc(C)c2)CC12CCCC2. The van der Waals surface area contributed by atoms with Crippen molar-refractivity contribution in [3.63, 3.8) is 0 Å². The van der Waals surface area contributed by atoms with Gasteiger partial charge < -0.3 is 14.2 Å². The molecule has 0 bridgehead atoms. The Kier molecular flexibility index (Phi) is 4.89. The van der Waals surface area contributed by atoms with Crippen LogP contribution in [-0.4, -0.2) is 45.3 Å². The molecule has 1 aliphatic carbocycles. The number of aryl methyl sites for hydroxylation is 2. The molecule has 1 amide bonds. The lowest BCUT2D eigenvalue weighted by Crippen LogP contribution is -2.34. The maximum absolute atomic E-state index is 12.9. The van der Waals surface area contributed by atoms with Gasteiger partial charge in [-0.3, -0.25) is 4.79 Å². The summed E-state index contributed by atoms with van der Waals surface area (Å²) in [6.07, 6.45) is 6.61. The van der Waals surface area contributed by atoms with Gasteiger partial charge in [-0.05, 0) is 49.8 Å². The third kappa shape index (κ3) is 3.45. The number of rotatable bonds is 5. The highest BCUT2D eigenvalue weighted by Crippen LogP contribution is 2.52. The van der Waals surface area contributed by atoms with E-state index in [1.165, 1.54) is 12.8 Å². The van der Waals surface area contributed by atoms with Crippen molar-refractivity contribution < 1.29 is 9.53 Å². The summed E-state index contributed by atoms with van der Waals surface area (Å²) in [5.74, 6) is 2.12. The van der Waals surface area contributed by atoms with Crippen molar-refractivity contribution in [3.05, 3.63) is 42.0 Å². The number of carbonyl (C=O) groups excluding carboxylic acids is 1. The number of hydrogen-bond donors (Lipinski definition) is 0. The first-order valence-electron chi connectivity index (χ1n) is 9.96. The van der Waals surface area contributed by atoms with Crippen molar-refractivity contribution in [2.24, 2.45) is 5.41 Å². The Hall–Kier alpha value is -2.37. The minimum Gasteiger partial charge on any atom is -0.484 e. The number of hydrogen-bond acceptors (Lipinski definition) is 4. The molecule has 1 spiro atoms. The standard InChI is InChI=1S/C21H28N4O2/c1-3-24-15-22-23-20(24)18-12-25(14-21(18)9-4-5-10-21)19(26)13-27-17-8-6-7-16(2)11-17/h6-8,11,15,18H,3-5,9-10,12-14H2,1-2H3. The molecular formula is C21H28N4O2. The summed E-state index contributed by atoms with van der Waals surface area (Å²) >= 11 is 0. The number of aromatic nitrogens is 3. The van der Waals surface area contributed by atoms with Crippen molar-refractivity contribution >= 4 is 5.91 Å². The van der Waals surface area contributed by atoms with Gasteiger partial charge in [-0.15, -0.1) is 10.2 Å². The van der Waals surface area contributed by atoms with Gasteiger partial charge in [0.25, 0.3) is 5.91 Å². The minimum absolute atomic E-state index is 0.0628. The van der Waals surface area contributed by atoms with Crippen molar-refractivity contribution in [3.8, 4) is 5.75 Å². The molecule has 0 radical (unpaired) electrons. The Morgan fingerprint density at radius 3 is 2.89 bits per heavy atom. The topological polar surface area (TPSA) is 60.2 Å². The molecule has 1 aliphatic heterocycles. The fourth-order valence-electron chi connectivity index (χ4n) is 4.82. The van der Waals surface area contributed by atoms with E-state index >= 15 is 0 Å². The first kappa shape index (κ1) is 18.0. The van der Waals surface area contributed by atoms with Crippen LogP contribution in [-0.2, 0) is 11.3 Å². The van der Waals surface area contributed by atoms with Crippen LogP contribution in [0.4, 0.5) is 0 Å². The fourth-order valence-corrected chi connectivity index (χ4v) is 4.82. The summed E-state index contributed by atoms with van der Waals surface area (Å²) in [5, 5.41) is 8.56. The largest absolute Gasteiger partial charge is 0.484 e.